The van der Waals surface area contributed by atoms with Gasteiger partial charge in [-0.1, -0.05) is 25.0 Å². The van der Waals surface area contributed by atoms with Crippen LogP contribution in [-0.2, 0) is 11.3 Å². The second-order valence-electron chi connectivity index (χ2n) is 8.36. The van der Waals surface area contributed by atoms with Crippen LogP contribution in [-0.4, -0.2) is 49.9 Å². The van der Waals surface area contributed by atoms with Crippen molar-refractivity contribution in [3.05, 3.63) is 54.0 Å². The number of benzene rings is 1. The number of hydrogen-bond donors (Lipinski definition) is 3. The number of halogens is 1. The van der Waals surface area contributed by atoms with Gasteiger partial charge in [0.1, 0.15) is 0 Å². The first-order chi connectivity index (χ1) is 15.4. The van der Waals surface area contributed by atoms with Crippen molar-refractivity contribution >= 4 is 47.4 Å². The van der Waals surface area contributed by atoms with Crippen LogP contribution in [0.4, 0.5) is 5.69 Å². The number of carbonyl (C=O) groups excluding carboxylic acids is 2. The maximum atomic E-state index is 12.8. The average Bonchev–Trinajstić information content (AvgIpc) is 3.49. The summed E-state index contributed by atoms with van der Waals surface area (Å²) < 4.78 is 5.11. The molecule has 1 aromatic carbocycles. The first kappa shape index (κ1) is 26.7. The Morgan fingerprint density at radius 2 is 1.79 bits per heavy atom. The van der Waals surface area contributed by atoms with Gasteiger partial charge in [0.15, 0.2) is 11.7 Å². The third-order valence-corrected chi connectivity index (χ3v) is 5.74. The number of furan rings is 1. The van der Waals surface area contributed by atoms with E-state index in [1.54, 1.807) is 17.0 Å². The van der Waals surface area contributed by atoms with Gasteiger partial charge in [0, 0.05) is 32.9 Å². The van der Waals surface area contributed by atoms with Gasteiger partial charge in [-0.15, -0.1) is 24.0 Å². The van der Waals surface area contributed by atoms with Gasteiger partial charge in [-0.25, -0.2) is 4.99 Å². The molecule has 3 rings (SSSR count). The van der Waals surface area contributed by atoms with Gasteiger partial charge in [-0.05, 0) is 49.6 Å². The number of hydrogen-bond acceptors (Lipinski definition) is 4. The van der Waals surface area contributed by atoms with E-state index in [9.17, 15) is 9.59 Å². The monoisotopic (exact) mass is 567 g/mol. The number of carbonyl (C=O) groups is 2. The van der Waals surface area contributed by atoms with Gasteiger partial charge in [-0.3, -0.25) is 9.59 Å². The molecule has 2 aromatic rings. The zero-order valence-corrected chi connectivity index (χ0v) is 21.8. The summed E-state index contributed by atoms with van der Waals surface area (Å²) in [5.74, 6) is 0.867. The van der Waals surface area contributed by atoms with Crippen LogP contribution in [0.1, 0.15) is 48.7 Å². The first-order valence-electron chi connectivity index (χ1n) is 11.1. The molecule has 1 aliphatic rings. The number of nitrogens with zero attached hydrogens (tertiary/aromatic N) is 2. The summed E-state index contributed by atoms with van der Waals surface area (Å²) in [6, 6.07) is 10.8. The van der Waals surface area contributed by atoms with E-state index in [4.69, 9.17) is 4.42 Å². The van der Waals surface area contributed by atoms with Crippen molar-refractivity contribution in [2.75, 3.05) is 32.5 Å². The third kappa shape index (κ3) is 7.21. The minimum atomic E-state index is -0.354. The molecule has 0 unspecified atom stereocenters. The van der Waals surface area contributed by atoms with Crippen LogP contribution >= 0.6 is 24.0 Å². The lowest BCUT2D eigenvalue weighted by Crippen LogP contribution is -2.49. The molecule has 33 heavy (non-hydrogen) atoms. The van der Waals surface area contributed by atoms with E-state index < -0.39 is 0 Å². The van der Waals surface area contributed by atoms with E-state index in [0.717, 1.165) is 37.8 Å². The number of rotatable bonds is 8. The van der Waals surface area contributed by atoms with E-state index >= 15 is 0 Å². The SMILES string of the molecule is CCNC(=NCc1ccc(NC(=O)c2ccco2)cc1)NCC1(C(=O)N(C)C)CCCC1.I. The summed E-state index contributed by atoms with van der Waals surface area (Å²) in [5.41, 5.74) is 1.35. The standard InChI is InChI=1S/C24H33N5O3.HI/c1-4-25-23(27-17-24(13-5-6-14-24)22(31)29(2)3)26-16-18-9-11-19(12-10-18)28-21(30)20-8-7-15-32-20;/h7-12,15H,4-6,13-14,16-17H2,1-3H3,(H,28,30)(H2,25,26,27);1H. The van der Waals surface area contributed by atoms with Gasteiger partial charge in [0.05, 0.1) is 18.2 Å². The van der Waals surface area contributed by atoms with Crippen LogP contribution in [0.2, 0.25) is 0 Å². The molecule has 0 saturated heterocycles. The molecule has 1 aromatic heterocycles. The summed E-state index contributed by atoms with van der Waals surface area (Å²) in [6.45, 7) is 3.81. The summed E-state index contributed by atoms with van der Waals surface area (Å²) in [5, 5.41) is 9.45. The van der Waals surface area contributed by atoms with E-state index in [1.807, 2.05) is 45.3 Å². The average molecular weight is 567 g/mol. The fraction of sp³-hybridized carbons (Fsp3) is 0.458. The van der Waals surface area contributed by atoms with Crippen LogP contribution in [0, 0.1) is 5.41 Å². The number of amides is 2. The lowest BCUT2D eigenvalue weighted by atomic mass is 9.84. The molecule has 9 heteroatoms. The molecule has 0 atom stereocenters. The highest BCUT2D eigenvalue weighted by molar-refractivity contribution is 14.0. The normalized spacial score (nSPS) is 14.8. The second kappa shape index (κ2) is 12.6. The minimum Gasteiger partial charge on any atom is -0.459 e. The van der Waals surface area contributed by atoms with Crippen LogP contribution in [0.15, 0.2) is 52.1 Å². The minimum absolute atomic E-state index is 0. The van der Waals surface area contributed by atoms with Crippen molar-refractivity contribution in [1.29, 1.82) is 0 Å². The highest BCUT2D eigenvalue weighted by Gasteiger charge is 2.42. The molecule has 1 saturated carbocycles. The Morgan fingerprint density at radius 1 is 1.09 bits per heavy atom. The third-order valence-electron chi connectivity index (χ3n) is 5.74. The summed E-state index contributed by atoms with van der Waals surface area (Å²) in [4.78, 5) is 31.2. The molecule has 1 heterocycles. The number of nitrogens with one attached hydrogen (secondary N) is 3. The van der Waals surface area contributed by atoms with Crippen molar-refractivity contribution in [2.45, 2.75) is 39.2 Å². The Kier molecular flexibility index (Phi) is 10.2. The molecule has 8 nitrogen and oxygen atoms in total. The molecule has 0 spiro atoms. The largest absolute Gasteiger partial charge is 0.459 e. The van der Waals surface area contributed by atoms with Crippen molar-refractivity contribution in [3.8, 4) is 0 Å². The summed E-state index contributed by atoms with van der Waals surface area (Å²) >= 11 is 0. The molecular weight excluding hydrogens is 533 g/mol. The molecule has 0 bridgehead atoms. The fourth-order valence-electron chi connectivity index (χ4n) is 4.05. The van der Waals surface area contributed by atoms with E-state index in [0.29, 0.717) is 24.7 Å². The Bertz CT molecular complexity index is 920. The quantitative estimate of drug-likeness (QED) is 0.256. The van der Waals surface area contributed by atoms with Gasteiger partial charge in [-0.2, -0.15) is 0 Å². The molecular formula is C24H34IN5O3. The summed E-state index contributed by atoms with van der Waals surface area (Å²) in [6.07, 6.45) is 5.44. The van der Waals surface area contributed by atoms with Crippen molar-refractivity contribution in [3.63, 3.8) is 0 Å². The van der Waals surface area contributed by atoms with Crippen LogP contribution in [0.3, 0.4) is 0 Å². The zero-order valence-electron chi connectivity index (χ0n) is 19.5. The summed E-state index contributed by atoms with van der Waals surface area (Å²) in [7, 11) is 3.64. The Hall–Kier alpha value is -2.56. The van der Waals surface area contributed by atoms with Crippen molar-refractivity contribution in [1.82, 2.24) is 15.5 Å². The predicted molar refractivity (Wildman–Crippen MR) is 141 cm³/mol. The molecule has 2 amide bonds. The molecule has 0 radical (unpaired) electrons. The second-order valence-corrected chi connectivity index (χ2v) is 8.36. The lowest BCUT2D eigenvalue weighted by Gasteiger charge is -2.31. The highest BCUT2D eigenvalue weighted by atomic mass is 127. The van der Waals surface area contributed by atoms with Gasteiger partial charge < -0.3 is 25.3 Å². The van der Waals surface area contributed by atoms with Gasteiger partial charge >= 0.3 is 0 Å². The van der Waals surface area contributed by atoms with E-state index in [2.05, 4.69) is 20.9 Å². The fourth-order valence-corrected chi connectivity index (χ4v) is 4.05. The Labute approximate surface area is 212 Å². The molecule has 180 valence electrons. The molecule has 3 N–H and O–H groups in total. The molecule has 0 aliphatic heterocycles. The molecule has 1 aliphatic carbocycles. The van der Waals surface area contributed by atoms with Crippen LogP contribution < -0.4 is 16.0 Å². The van der Waals surface area contributed by atoms with Crippen molar-refractivity contribution < 1.29 is 14.0 Å². The Morgan fingerprint density at radius 3 is 2.36 bits per heavy atom. The maximum Gasteiger partial charge on any atom is 0.291 e. The highest BCUT2D eigenvalue weighted by Crippen LogP contribution is 2.38. The Balaban J connectivity index is 0.00000385. The lowest BCUT2D eigenvalue weighted by molar-refractivity contribution is -0.138. The smallest absolute Gasteiger partial charge is 0.291 e. The van der Waals surface area contributed by atoms with E-state index in [1.165, 1.54) is 6.26 Å². The van der Waals surface area contributed by atoms with Gasteiger partial charge in [0.2, 0.25) is 5.91 Å². The van der Waals surface area contributed by atoms with Gasteiger partial charge in [0.25, 0.3) is 5.91 Å². The molecule has 1 fully saturated rings. The first-order valence-corrected chi connectivity index (χ1v) is 11.1. The number of guanidine groups is 1. The predicted octanol–water partition coefficient (Wildman–Crippen LogP) is 3.85. The van der Waals surface area contributed by atoms with E-state index in [-0.39, 0.29) is 47.0 Å². The zero-order chi connectivity index (χ0) is 23.0. The number of aliphatic imine (C=N–C) groups is 1. The van der Waals surface area contributed by atoms with Crippen molar-refractivity contribution in [2.24, 2.45) is 10.4 Å². The number of anilines is 1. The van der Waals surface area contributed by atoms with Crippen LogP contribution in [0.5, 0.6) is 0 Å². The topological polar surface area (TPSA) is 99.0 Å². The van der Waals surface area contributed by atoms with Crippen LogP contribution in [0.25, 0.3) is 0 Å². The maximum absolute atomic E-state index is 12.8.